The fourth-order valence-electron chi connectivity index (χ4n) is 5.89. The smallest absolute Gasteiger partial charge is 0.253 e. The van der Waals surface area contributed by atoms with Gasteiger partial charge >= 0.3 is 0 Å². The first-order valence-corrected chi connectivity index (χ1v) is 14.5. The van der Waals surface area contributed by atoms with Crippen molar-refractivity contribution in [2.45, 2.75) is 90.0 Å². The predicted molar refractivity (Wildman–Crippen MR) is 148 cm³/mol. The second-order valence-corrected chi connectivity index (χ2v) is 11.5. The number of carbonyl (C=O) groups is 1. The summed E-state index contributed by atoms with van der Waals surface area (Å²) >= 11 is 0. The monoisotopic (exact) mass is 504 g/mol. The lowest BCUT2D eigenvalue weighted by Gasteiger charge is -2.34. The topological polar surface area (TPSA) is 42.0 Å². The summed E-state index contributed by atoms with van der Waals surface area (Å²) in [6, 6.07) is 15.1. The molecular formula is C32H44N2O3. The molecular weight excluding hydrogens is 460 g/mol. The number of carbonyl (C=O) groups excluding carboxylic acids is 1. The normalized spacial score (nSPS) is 20.8. The van der Waals surface area contributed by atoms with Gasteiger partial charge in [-0.25, -0.2) is 0 Å². The van der Waals surface area contributed by atoms with Gasteiger partial charge in [0.15, 0.2) is 0 Å². The molecule has 0 N–H and O–H groups in total. The third-order valence-corrected chi connectivity index (χ3v) is 8.35. The minimum Gasteiger partial charge on any atom is -0.490 e. The SMILES string of the molecule is Cc1cc(CN(C)C(=O)C2CN(Cc3ccccc3OC3CCCC3)CCO2)ccc1CCCC1CC1. The van der Waals surface area contributed by atoms with Crippen LogP contribution in [-0.4, -0.2) is 54.7 Å². The quantitative estimate of drug-likeness (QED) is 0.382. The molecule has 1 amide bonds. The number of aryl methyl sites for hydroxylation is 2. The lowest BCUT2D eigenvalue weighted by atomic mass is 9.99. The number of para-hydroxylation sites is 1. The Morgan fingerprint density at radius 3 is 2.68 bits per heavy atom. The highest BCUT2D eigenvalue weighted by atomic mass is 16.5. The maximum atomic E-state index is 13.3. The summed E-state index contributed by atoms with van der Waals surface area (Å²) in [5.74, 6) is 2.05. The Balaban J connectivity index is 1.13. The highest BCUT2D eigenvalue weighted by Gasteiger charge is 2.30. The van der Waals surface area contributed by atoms with Crippen molar-refractivity contribution in [2.24, 2.45) is 5.92 Å². The lowest BCUT2D eigenvalue weighted by molar-refractivity contribution is -0.149. The fourth-order valence-corrected chi connectivity index (χ4v) is 5.89. The molecule has 1 unspecified atom stereocenters. The van der Waals surface area contributed by atoms with Gasteiger partial charge in [-0.15, -0.1) is 0 Å². The summed E-state index contributed by atoms with van der Waals surface area (Å²) in [6.45, 7) is 5.60. The van der Waals surface area contributed by atoms with Gasteiger partial charge in [-0.1, -0.05) is 55.7 Å². The van der Waals surface area contributed by atoms with Crippen molar-refractivity contribution < 1.29 is 14.3 Å². The summed E-state index contributed by atoms with van der Waals surface area (Å²) in [5.41, 5.74) is 5.17. The molecule has 1 heterocycles. The van der Waals surface area contributed by atoms with Gasteiger partial charge in [0.25, 0.3) is 5.91 Å². The summed E-state index contributed by atoms with van der Waals surface area (Å²) in [6.07, 6.45) is 11.4. The van der Waals surface area contributed by atoms with Crippen molar-refractivity contribution in [1.29, 1.82) is 0 Å². The molecule has 5 heteroatoms. The Morgan fingerprint density at radius 2 is 1.89 bits per heavy atom. The Morgan fingerprint density at radius 1 is 1.08 bits per heavy atom. The Labute approximate surface area is 223 Å². The van der Waals surface area contributed by atoms with E-state index in [4.69, 9.17) is 9.47 Å². The van der Waals surface area contributed by atoms with E-state index in [1.54, 1.807) is 0 Å². The minimum absolute atomic E-state index is 0.0614. The molecule has 2 saturated carbocycles. The molecule has 1 aliphatic heterocycles. The number of rotatable bonds is 11. The molecule has 1 saturated heterocycles. The van der Waals surface area contributed by atoms with Gasteiger partial charge in [-0.2, -0.15) is 0 Å². The van der Waals surface area contributed by atoms with Gasteiger partial charge in [-0.05, 0) is 74.1 Å². The number of nitrogens with zero attached hydrogens (tertiary/aromatic N) is 2. The second kappa shape index (κ2) is 12.4. The van der Waals surface area contributed by atoms with Gasteiger partial charge in [0, 0.05) is 38.8 Å². The maximum Gasteiger partial charge on any atom is 0.253 e. The number of morpholine rings is 1. The third-order valence-electron chi connectivity index (χ3n) is 8.35. The molecule has 2 aliphatic carbocycles. The number of likely N-dealkylation sites (N-methyl/N-ethyl adjacent to an activating group) is 1. The maximum absolute atomic E-state index is 13.3. The Bertz CT molecular complexity index is 1040. The highest BCUT2D eigenvalue weighted by Crippen LogP contribution is 2.34. The van der Waals surface area contributed by atoms with E-state index in [2.05, 4.69) is 54.3 Å². The van der Waals surface area contributed by atoms with Crippen LogP contribution in [0.2, 0.25) is 0 Å². The van der Waals surface area contributed by atoms with Crippen molar-refractivity contribution in [3.63, 3.8) is 0 Å². The average molecular weight is 505 g/mol. The van der Waals surface area contributed by atoms with E-state index in [9.17, 15) is 4.79 Å². The molecule has 5 nitrogen and oxygen atoms in total. The zero-order chi connectivity index (χ0) is 25.6. The molecule has 0 spiro atoms. The van der Waals surface area contributed by atoms with E-state index in [0.717, 1.165) is 44.0 Å². The van der Waals surface area contributed by atoms with Crippen molar-refractivity contribution in [3.8, 4) is 5.75 Å². The van der Waals surface area contributed by atoms with E-state index in [1.807, 2.05) is 11.9 Å². The molecule has 2 aromatic rings. The summed E-state index contributed by atoms with van der Waals surface area (Å²) in [7, 11) is 1.90. The highest BCUT2D eigenvalue weighted by molar-refractivity contribution is 5.81. The average Bonchev–Trinajstić information content (AvgIpc) is 3.59. The van der Waals surface area contributed by atoms with Crippen LogP contribution >= 0.6 is 0 Å². The third kappa shape index (κ3) is 7.36. The summed E-state index contributed by atoms with van der Waals surface area (Å²) in [4.78, 5) is 17.5. The Hall–Kier alpha value is -2.37. The number of benzene rings is 2. The predicted octanol–water partition coefficient (Wildman–Crippen LogP) is 5.91. The first kappa shape index (κ1) is 26.2. The van der Waals surface area contributed by atoms with Crippen molar-refractivity contribution >= 4 is 5.91 Å². The van der Waals surface area contributed by atoms with Crippen LogP contribution in [0, 0.1) is 12.8 Å². The molecule has 0 aromatic heterocycles. The number of hydrogen-bond acceptors (Lipinski definition) is 4. The molecule has 200 valence electrons. The molecule has 37 heavy (non-hydrogen) atoms. The van der Waals surface area contributed by atoms with Crippen LogP contribution < -0.4 is 4.74 Å². The second-order valence-electron chi connectivity index (χ2n) is 11.5. The molecule has 3 fully saturated rings. The standard InChI is InChI=1S/C32H44N2O3/c1-24-20-26(16-17-27(24)10-7-8-25-14-15-25)21-33(2)32(35)31-23-34(18-19-36-31)22-28-9-3-6-13-30(28)37-29-11-4-5-12-29/h3,6,9,13,16-17,20,25,29,31H,4-5,7-8,10-12,14-15,18-19,21-23H2,1-2H3. The molecule has 5 rings (SSSR count). The van der Waals surface area contributed by atoms with E-state index in [-0.39, 0.29) is 5.91 Å². The first-order valence-electron chi connectivity index (χ1n) is 14.5. The lowest BCUT2D eigenvalue weighted by Crippen LogP contribution is -2.49. The zero-order valence-corrected chi connectivity index (χ0v) is 22.8. The molecule has 2 aromatic carbocycles. The van der Waals surface area contributed by atoms with Crippen LogP contribution in [0.5, 0.6) is 5.75 Å². The summed E-state index contributed by atoms with van der Waals surface area (Å²) < 4.78 is 12.3. The van der Waals surface area contributed by atoms with E-state index in [0.29, 0.717) is 25.8 Å². The van der Waals surface area contributed by atoms with Gasteiger partial charge < -0.3 is 14.4 Å². The van der Waals surface area contributed by atoms with Crippen molar-refractivity contribution in [3.05, 3.63) is 64.7 Å². The number of ether oxygens (including phenoxy) is 2. The van der Waals surface area contributed by atoms with Crippen LogP contribution in [0.25, 0.3) is 0 Å². The van der Waals surface area contributed by atoms with Crippen LogP contribution in [0.15, 0.2) is 42.5 Å². The fraction of sp³-hybridized carbons (Fsp3) is 0.594. The van der Waals surface area contributed by atoms with Crippen molar-refractivity contribution in [2.75, 3.05) is 26.7 Å². The van der Waals surface area contributed by atoms with Crippen LogP contribution in [0.1, 0.15) is 73.6 Å². The van der Waals surface area contributed by atoms with Crippen LogP contribution in [0.3, 0.4) is 0 Å². The van der Waals surface area contributed by atoms with E-state index < -0.39 is 6.10 Å². The molecule has 0 bridgehead atoms. The van der Waals surface area contributed by atoms with Gasteiger partial charge in [0.1, 0.15) is 11.9 Å². The van der Waals surface area contributed by atoms with Crippen LogP contribution in [-0.2, 0) is 29.0 Å². The largest absolute Gasteiger partial charge is 0.490 e. The van der Waals surface area contributed by atoms with Crippen LogP contribution in [0.4, 0.5) is 0 Å². The zero-order valence-electron chi connectivity index (χ0n) is 22.8. The van der Waals surface area contributed by atoms with Gasteiger partial charge in [0.2, 0.25) is 0 Å². The minimum atomic E-state index is -0.426. The molecule has 1 atom stereocenters. The van der Waals surface area contributed by atoms with Gasteiger partial charge in [0.05, 0.1) is 12.7 Å². The summed E-state index contributed by atoms with van der Waals surface area (Å²) in [5, 5.41) is 0. The molecule has 0 radical (unpaired) electrons. The molecule has 3 aliphatic rings. The number of amides is 1. The van der Waals surface area contributed by atoms with Gasteiger partial charge in [-0.3, -0.25) is 9.69 Å². The van der Waals surface area contributed by atoms with E-state index >= 15 is 0 Å². The Kier molecular flexibility index (Phi) is 8.83. The van der Waals surface area contributed by atoms with Crippen molar-refractivity contribution in [1.82, 2.24) is 9.80 Å². The first-order chi connectivity index (χ1) is 18.0. The number of hydrogen-bond donors (Lipinski definition) is 0. The van der Waals surface area contributed by atoms with E-state index in [1.165, 1.54) is 60.8 Å².